The Balaban J connectivity index is 1.60. The lowest BCUT2D eigenvalue weighted by molar-refractivity contribution is -0.118. The SMILES string of the molecule is O=C(CSc1nc2c(n1-c1ccccc1)CCCC2)NC1CC1. The summed E-state index contributed by atoms with van der Waals surface area (Å²) in [6, 6.07) is 10.8. The summed E-state index contributed by atoms with van der Waals surface area (Å²) >= 11 is 1.55. The lowest BCUT2D eigenvalue weighted by atomic mass is 10.0. The molecular formula is C18H21N3OS. The topological polar surface area (TPSA) is 46.9 Å². The smallest absolute Gasteiger partial charge is 0.230 e. The van der Waals surface area contributed by atoms with E-state index in [1.165, 1.54) is 24.2 Å². The van der Waals surface area contributed by atoms with E-state index >= 15 is 0 Å². The van der Waals surface area contributed by atoms with Crippen molar-refractivity contribution in [3.05, 3.63) is 41.7 Å². The summed E-state index contributed by atoms with van der Waals surface area (Å²) < 4.78 is 2.25. The third kappa shape index (κ3) is 3.29. The molecule has 120 valence electrons. The number of para-hydroxylation sites is 1. The third-order valence-electron chi connectivity index (χ3n) is 4.39. The first-order valence-electron chi connectivity index (χ1n) is 8.39. The molecular weight excluding hydrogens is 306 g/mol. The van der Waals surface area contributed by atoms with Gasteiger partial charge in [0.05, 0.1) is 11.4 Å². The van der Waals surface area contributed by atoms with Crippen molar-refractivity contribution in [3.8, 4) is 5.69 Å². The van der Waals surface area contributed by atoms with Gasteiger partial charge in [0, 0.05) is 17.4 Å². The normalized spacial score (nSPS) is 16.9. The zero-order chi connectivity index (χ0) is 15.6. The van der Waals surface area contributed by atoms with Crippen molar-refractivity contribution >= 4 is 17.7 Å². The molecule has 23 heavy (non-hydrogen) atoms. The first-order valence-corrected chi connectivity index (χ1v) is 9.38. The molecule has 1 aromatic heterocycles. The standard InChI is InChI=1S/C18H21N3OS/c22-17(19-13-10-11-13)12-23-18-20-15-8-4-5-9-16(15)21(18)14-6-2-1-3-7-14/h1-3,6-7,13H,4-5,8-12H2,(H,19,22). The minimum Gasteiger partial charge on any atom is -0.353 e. The maximum atomic E-state index is 12.0. The van der Waals surface area contributed by atoms with Crippen LogP contribution in [0.1, 0.15) is 37.1 Å². The highest BCUT2D eigenvalue weighted by Crippen LogP contribution is 2.30. The number of fused-ring (bicyclic) bond motifs is 1. The fraction of sp³-hybridized carbons (Fsp3) is 0.444. The number of benzene rings is 1. The quantitative estimate of drug-likeness (QED) is 0.858. The molecule has 1 N–H and O–H groups in total. The number of imidazole rings is 1. The lowest BCUT2D eigenvalue weighted by Gasteiger charge is -2.15. The Kier molecular flexibility index (Phi) is 4.12. The molecule has 4 nitrogen and oxygen atoms in total. The summed E-state index contributed by atoms with van der Waals surface area (Å²) in [4.78, 5) is 16.8. The molecule has 0 spiro atoms. The van der Waals surface area contributed by atoms with Crippen LogP contribution >= 0.6 is 11.8 Å². The molecule has 1 amide bonds. The van der Waals surface area contributed by atoms with Gasteiger partial charge in [0.1, 0.15) is 0 Å². The number of carbonyl (C=O) groups excluding carboxylic acids is 1. The Morgan fingerprint density at radius 3 is 2.78 bits per heavy atom. The van der Waals surface area contributed by atoms with Crippen LogP contribution in [0.2, 0.25) is 0 Å². The predicted octanol–water partition coefficient (Wildman–Crippen LogP) is 3.12. The van der Waals surface area contributed by atoms with Crippen molar-refractivity contribution in [2.24, 2.45) is 0 Å². The molecule has 0 aliphatic heterocycles. The van der Waals surface area contributed by atoms with Gasteiger partial charge in [-0.1, -0.05) is 30.0 Å². The van der Waals surface area contributed by atoms with Crippen LogP contribution in [0.3, 0.4) is 0 Å². The van der Waals surface area contributed by atoms with Crippen molar-refractivity contribution in [3.63, 3.8) is 0 Å². The van der Waals surface area contributed by atoms with E-state index in [0.717, 1.165) is 36.5 Å². The first kappa shape index (κ1) is 14.8. The molecule has 1 fully saturated rings. The molecule has 0 radical (unpaired) electrons. The van der Waals surface area contributed by atoms with E-state index in [4.69, 9.17) is 4.98 Å². The molecule has 0 saturated heterocycles. The summed E-state index contributed by atoms with van der Waals surface area (Å²) in [5, 5.41) is 4.00. The Hall–Kier alpha value is -1.75. The fourth-order valence-electron chi connectivity index (χ4n) is 3.08. The van der Waals surface area contributed by atoms with Gasteiger partial charge < -0.3 is 5.32 Å². The number of aromatic nitrogens is 2. The number of rotatable bonds is 5. The van der Waals surface area contributed by atoms with E-state index in [-0.39, 0.29) is 5.91 Å². The average Bonchev–Trinajstić information content (AvgIpc) is 3.31. The van der Waals surface area contributed by atoms with Crippen molar-refractivity contribution in [2.45, 2.75) is 49.7 Å². The number of hydrogen-bond donors (Lipinski definition) is 1. The van der Waals surface area contributed by atoms with Gasteiger partial charge in [-0.3, -0.25) is 9.36 Å². The molecule has 2 aliphatic carbocycles. The van der Waals surface area contributed by atoms with Crippen LogP contribution in [0, 0.1) is 0 Å². The van der Waals surface area contributed by atoms with Crippen molar-refractivity contribution in [2.75, 3.05) is 5.75 Å². The van der Waals surface area contributed by atoms with Crippen molar-refractivity contribution in [1.29, 1.82) is 0 Å². The Bertz CT molecular complexity index is 707. The zero-order valence-corrected chi connectivity index (χ0v) is 13.9. The second kappa shape index (κ2) is 6.40. The number of nitrogens with one attached hydrogen (secondary N) is 1. The van der Waals surface area contributed by atoms with Crippen LogP contribution in [0.5, 0.6) is 0 Å². The van der Waals surface area contributed by atoms with E-state index < -0.39 is 0 Å². The van der Waals surface area contributed by atoms with Crippen molar-refractivity contribution in [1.82, 2.24) is 14.9 Å². The summed E-state index contributed by atoms with van der Waals surface area (Å²) in [7, 11) is 0. The van der Waals surface area contributed by atoms with E-state index in [0.29, 0.717) is 11.8 Å². The number of carbonyl (C=O) groups is 1. The van der Waals surface area contributed by atoms with Gasteiger partial charge in [-0.2, -0.15) is 0 Å². The third-order valence-corrected chi connectivity index (χ3v) is 5.33. The summed E-state index contributed by atoms with van der Waals surface area (Å²) in [5.74, 6) is 0.567. The highest BCUT2D eigenvalue weighted by molar-refractivity contribution is 7.99. The van der Waals surface area contributed by atoms with Crippen LogP contribution in [0.15, 0.2) is 35.5 Å². The molecule has 2 aromatic rings. The molecule has 1 saturated carbocycles. The van der Waals surface area contributed by atoms with Gasteiger partial charge in [-0.05, 0) is 50.7 Å². The molecule has 4 rings (SSSR count). The molecule has 1 heterocycles. The Labute approximate surface area is 140 Å². The van der Waals surface area contributed by atoms with Crippen LogP contribution in [0.25, 0.3) is 5.69 Å². The first-order chi connectivity index (χ1) is 11.3. The summed E-state index contributed by atoms with van der Waals surface area (Å²) in [6.07, 6.45) is 6.82. The zero-order valence-electron chi connectivity index (χ0n) is 13.1. The maximum Gasteiger partial charge on any atom is 0.230 e. The largest absolute Gasteiger partial charge is 0.353 e. The number of amides is 1. The van der Waals surface area contributed by atoms with E-state index in [2.05, 4.69) is 34.1 Å². The van der Waals surface area contributed by atoms with Gasteiger partial charge in [0.15, 0.2) is 5.16 Å². The monoisotopic (exact) mass is 327 g/mol. The Morgan fingerprint density at radius 2 is 2.00 bits per heavy atom. The number of thioether (sulfide) groups is 1. The molecule has 1 aromatic carbocycles. The maximum absolute atomic E-state index is 12.0. The minimum absolute atomic E-state index is 0.123. The van der Waals surface area contributed by atoms with E-state index in [1.807, 2.05) is 6.07 Å². The second-order valence-corrected chi connectivity index (χ2v) is 7.24. The number of aryl methyl sites for hydroxylation is 1. The van der Waals surface area contributed by atoms with Crippen molar-refractivity contribution < 1.29 is 4.79 Å². The van der Waals surface area contributed by atoms with Crippen LogP contribution in [0.4, 0.5) is 0 Å². The highest BCUT2D eigenvalue weighted by atomic mass is 32.2. The Morgan fingerprint density at radius 1 is 1.22 bits per heavy atom. The molecule has 0 unspecified atom stereocenters. The average molecular weight is 327 g/mol. The van der Waals surface area contributed by atoms with Crippen LogP contribution < -0.4 is 5.32 Å². The summed E-state index contributed by atoms with van der Waals surface area (Å²) in [5.41, 5.74) is 3.69. The number of nitrogens with zero attached hydrogens (tertiary/aromatic N) is 2. The predicted molar refractivity (Wildman–Crippen MR) is 92.1 cm³/mol. The number of hydrogen-bond acceptors (Lipinski definition) is 3. The summed E-state index contributed by atoms with van der Waals surface area (Å²) in [6.45, 7) is 0. The van der Waals surface area contributed by atoms with Gasteiger partial charge in [-0.15, -0.1) is 0 Å². The van der Waals surface area contributed by atoms with Crippen LogP contribution in [-0.2, 0) is 17.6 Å². The minimum atomic E-state index is 0.123. The van der Waals surface area contributed by atoms with E-state index in [1.54, 1.807) is 11.8 Å². The lowest BCUT2D eigenvalue weighted by Crippen LogP contribution is -2.27. The fourth-order valence-corrected chi connectivity index (χ4v) is 3.95. The van der Waals surface area contributed by atoms with Gasteiger partial charge in [-0.25, -0.2) is 4.98 Å². The highest BCUT2D eigenvalue weighted by Gasteiger charge is 2.25. The molecule has 0 atom stereocenters. The van der Waals surface area contributed by atoms with Gasteiger partial charge >= 0.3 is 0 Å². The van der Waals surface area contributed by atoms with E-state index in [9.17, 15) is 4.79 Å². The van der Waals surface area contributed by atoms with Crippen LogP contribution in [-0.4, -0.2) is 27.3 Å². The molecule has 0 bridgehead atoms. The van der Waals surface area contributed by atoms with Gasteiger partial charge in [0.2, 0.25) is 5.91 Å². The second-order valence-electron chi connectivity index (χ2n) is 6.30. The molecule has 5 heteroatoms. The van der Waals surface area contributed by atoms with Gasteiger partial charge in [0.25, 0.3) is 0 Å². The molecule has 2 aliphatic rings.